The molecule has 2 aromatic rings. The zero-order valence-corrected chi connectivity index (χ0v) is 29.8. The number of urea groups is 4. The molecule has 8 amide bonds. The lowest BCUT2D eigenvalue weighted by Crippen LogP contribution is -2.55. The first-order valence-electron chi connectivity index (χ1n) is 17.2. The van der Waals surface area contributed by atoms with Gasteiger partial charge in [-0.3, -0.25) is 0 Å². The molecule has 0 aliphatic rings. The number of unbranched alkanes of at least 4 members (excludes halogenated alkanes) is 1. The highest BCUT2D eigenvalue weighted by molar-refractivity contribution is 5.83. The minimum Gasteiger partial charge on any atom is -0.361 e. The van der Waals surface area contributed by atoms with Gasteiger partial charge in [0.2, 0.25) is 0 Å². The Labute approximate surface area is 285 Å². The molecule has 48 heavy (non-hydrogen) atoms. The standard InChI is InChI=1S/C34H60N10O4/c1-21(2)24(7)41-31(45)38-19-27(16-25-17-36-29-14-9-8-13-28(25)29)43-32(46)37-18-26(12-10-11-15-35)42-33(47)39-20-30(22(3)4)44-34(48)40-23(5)6/h8-9,13-14,17,21-24,26-27,30,36H,10-12,15-16,18-20,35H2,1-7H3,(H2,37,43,46)(H2,38,41,45)(H2,39,42,47)(H2,40,44,48)/t24-,26+,27+,30-/m1/s1. The predicted molar refractivity (Wildman–Crippen MR) is 192 cm³/mol. The molecule has 11 N–H and O–H groups in total. The average Bonchev–Trinajstić information content (AvgIpc) is 3.42. The van der Waals surface area contributed by atoms with Gasteiger partial charge in [-0.25, -0.2) is 19.2 Å². The Balaban J connectivity index is 2.02. The second-order valence-corrected chi connectivity index (χ2v) is 13.5. The van der Waals surface area contributed by atoms with Crippen LogP contribution in [0.2, 0.25) is 0 Å². The quantitative estimate of drug-likeness (QED) is 0.102. The van der Waals surface area contributed by atoms with Crippen LogP contribution in [0.5, 0.6) is 0 Å². The van der Waals surface area contributed by atoms with E-state index in [0.29, 0.717) is 19.4 Å². The summed E-state index contributed by atoms with van der Waals surface area (Å²) in [5.41, 5.74) is 7.71. The maximum absolute atomic E-state index is 13.2. The zero-order valence-electron chi connectivity index (χ0n) is 29.8. The van der Waals surface area contributed by atoms with Crippen molar-refractivity contribution in [2.75, 3.05) is 26.2 Å². The molecule has 1 aromatic heterocycles. The van der Waals surface area contributed by atoms with Crippen LogP contribution in [-0.2, 0) is 6.42 Å². The molecule has 1 aromatic carbocycles. The molecular weight excluding hydrogens is 612 g/mol. The van der Waals surface area contributed by atoms with Crippen LogP contribution in [0.3, 0.4) is 0 Å². The molecule has 0 radical (unpaired) electrons. The van der Waals surface area contributed by atoms with Gasteiger partial charge in [0.15, 0.2) is 0 Å². The summed E-state index contributed by atoms with van der Waals surface area (Å²) >= 11 is 0. The van der Waals surface area contributed by atoms with E-state index in [1.165, 1.54) is 0 Å². The Morgan fingerprint density at radius 2 is 1.29 bits per heavy atom. The fourth-order valence-electron chi connectivity index (χ4n) is 4.96. The smallest absolute Gasteiger partial charge is 0.315 e. The molecule has 0 unspecified atom stereocenters. The SMILES string of the molecule is CC(C)NC(=O)N[C@H](CNC(=O)N[C@@H](CCCCN)CNC(=O)N[C@H](CNC(=O)N[C@H](C)C(C)C)Cc1c[nH]c2ccccc12)C(C)C. The van der Waals surface area contributed by atoms with Gasteiger partial charge in [-0.2, -0.15) is 0 Å². The summed E-state index contributed by atoms with van der Waals surface area (Å²) in [6, 6.07) is 5.48. The highest BCUT2D eigenvalue weighted by Crippen LogP contribution is 2.19. The molecular formula is C34H60N10O4. The summed E-state index contributed by atoms with van der Waals surface area (Å²) < 4.78 is 0. The van der Waals surface area contributed by atoms with E-state index in [0.717, 1.165) is 29.3 Å². The van der Waals surface area contributed by atoms with E-state index in [2.05, 4.69) is 47.5 Å². The van der Waals surface area contributed by atoms with Crippen LogP contribution >= 0.6 is 0 Å². The van der Waals surface area contributed by atoms with Crippen molar-refractivity contribution in [3.63, 3.8) is 0 Å². The van der Waals surface area contributed by atoms with E-state index in [4.69, 9.17) is 5.73 Å². The van der Waals surface area contributed by atoms with Gasteiger partial charge in [0, 0.05) is 54.9 Å². The lowest BCUT2D eigenvalue weighted by Gasteiger charge is -2.25. The molecule has 14 heteroatoms. The van der Waals surface area contributed by atoms with E-state index in [-0.39, 0.29) is 67.7 Å². The molecule has 270 valence electrons. The maximum atomic E-state index is 13.2. The van der Waals surface area contributed by atoms with Crippen LogP contribution in [0.15, 0.2) is 30.5 Å². The summed E-state index contributed by atoms with van der Waals surface area (Å²) in [7, 11) is 0. The van der Waals surface area contributed by atoms with Crippen LogP contribution in [0.1, 0.15) is 73.3 Å². The second kappa shape index (κ2) is 20.9. The Hall–Kier alpha value is -4.20. The molecule has 0 fully saturated rings. The number of hydrogen-bond donors (Lipinski definition) is 10. The fourth-order valence-corrected chi connectivity index (χ4v) is 4.96. The Morgan fingerprint density at radius 3 is 1.92 bits per heavy atom. The lowest BCUT2D eigenvalue weighted by molar-refractivity contribution is 0.222. The molecule has 0 spiro atoms. The monoisotopic (exact) mass is 672 g/mol. The van der Waals surface area contributed by atoms with Crippen molar-refractivity contribution in [2.24, 2.45) is 17.6 Å². The van der Waals surface area contributed by atoms with Crippen molar-refractivity contribution in [3.8, 4) is 0 Å². The van der Waals surface area contributed by atoms with Crippen LogP contribution in [-0.4, -0.2) is 85.5 Å². The number of para-hydroxylation sites is 1. The van der Waals surface area contributed by atoms with Crippen LogP contribution < -0.4 is 48.3 Å². The van der Waals surface area contributed by atoms with Crippen LogP contribution in [0, 0.1) is 11.8 Å². The molecule has 0 aliphatic heterocycles. The van der Waals surface area contributed by atoms with Gasteiger partial charge in [-0.05, 0) is 70.0 Å². The Bertz CT molecular complexity index is 1280. The molecule has 0 aliphatic carbocycles. The first-order valence-corrected chi connectivity index (χ1v) is 17.2. The molecule has 2 rings (SSSR count). The molecule has 0 bridgehead atoms. The Morgan fingerprint density at radius 1 is 0.688 bits per heavy atom. The number of aromatic nitrogens is 1. The summed E-state index contributed by atoms with van der Waals surface area (Å²) in [5, 5.41) is 24.3. The molecule has 4 atom stereocenters. The van der Waals surface area contributed by atoms with E-state index >= 15 is 0 Å². The van der Waals surface area contributed by atoms with Crippen molar-refractivity contribution in [1.82, 2.24) is 47.5 Å². The second-order valence-electron chi connectivity index (χ2n) is 13.5. The van der Waals surface area contributed by atoms with Gasteiger partial charge in [0.1, 0.15) is 0 Å². The number of amides is 8. The summed E-state index contributed by atoms with van der Waals surface area (Å²) in [5.74, 6) is 0.366. The number of nitrogens with two attached hydrogens (primary N) is 1. The van der Waals surface area contributed by atoms with E-state index in [1.54, 1.807) is 0 Å². The number of fused-ring (bicyclic) bond motifs is 1. The van der Waals surface area contributed by atoms with Crippen LogP contribution in [0.25, 0.3) is 10.9 Å². The molecule has 1 heterocycles. The third-order valence-corrected chi connectivity index (χ3v) is 8.22. The zero-order chi connectivity index (χ0) is 35.6. The van der Waals surface area contributed by atoms with Crippen molar-refractivity contribution >= 4 is 35.0 Å². The minimum atomic E-state index is -0.413. The number of rotatable bonds is 19. The van der Waals surface area contributed by atoms with Gasteiger partial charge < -0.3 is 53.3 Å². The summed E-state index contributed by atoms with van der Waals surface area (Å²) in [4.78, 5) is 54.2. The fraction of sp³-hybridized carbons (Fsp3) is 0.647. The number of carbonyl (C=O) groups is 4. The van der Waals surface area contributed by atoms with Crippen molar-refractivity contribution < 1.29 is 19.2 Å². The number of nitrogens with one attached hydrogen (secondary N) is 9. The van der Waals surface area contributed by atoms with Gasteiger partial charge in [-0.1, -0.05) is 52.3 Å². The topological polar surface area (TPSA) is 206 Å². The molecule has 0 saturated heterocycles. The van der Waals surface area contributed by atoms with Gasteiger partial charge in [-0.15, -0.1) is 0 Å². The normalized spacial score (nSPS) is 13.8. The predicted octanol–water partition coefficient (Wildman–Crippen LogP) is 3.25. The number of benzene rings is 1. The number of aromatic amines is 1. The molecule has 14 nitrogen and oxygen atoms in total. The highest BCUT2D eigenvalue weighted by Gasteiger charge is 2.21. The lowest BCUT2D eigenvalue weighted by atomic mass is 10.0. The first kappa shape index (κ1) is 40.0. The third kappa shape index (κ3) is 15.1. The summed E-state index contributed by atoms with van der Waals surface area (Å²) in [6.07, 6.45) is 4.57. The van der Waals surface area contributed by atoms with Gasteiger partial charge in [0.25, 0.3) is 0 Å². The van der Waals surface area contributed by atoms with Crippen molar-refractivity contribution in [3.05, 3.63) is 36.0 Å². The average molecular weight is 673 g/mol. The minimum absolute atomic E-state index is 0.00820. The van der Waals surface area contributed by atoms with Crippen molar-refractivity contribution in [1.29, 1.82) is 0 Å². The highest BCUT2D eigenvalue weighted by atomic mass is 16.2. The van der Waals surface area contributed by atoms with E-state index < -0.39 is 18.1 Å². The van der Waals surface area contributed by atoms with Crippen molar-refractivity contribution in [2.45, 2.75) is 104 Å². The number of hydrogen-bond acceptors (Lipinski definition) is 5. The third-order valence-electron chi connectivity index (χ3n) is 8.22. The first-order chi connectivity index (χ1) is 22.8. The largest absolute Gasteiger partial charge is 0.361 e. The van der Waals surface area contributed by atoms with Gasteiger partial charge >= 0.3 is 24.1 Å². The number of carbonyl (C=O) groups excluding carboxylic acids is 4. The maximum Gasteiger partial charge on any atom is 0.315 e. The van der Waals surface area contributed by atoms with Gasteiger partial charge in [0.05, 0.1) is 12.1 Å². The number of H-pyrrole nitrogens is 1. The van der Waals surface area contributed by atoms with E-state index in [9.17, 15) is 19.2 Å². The van der Waals surface area contributed by atoms with Crippen LogP contribution in [0.4, 0.5) is 19.2 Å². The van der Waals surface area contributed by atoms with E-state index in [1.807, 2.05) is 78.9 Å². The Kier molecular flexibility index (Phi) is 17.4. The molecule has 0 saturated carbocycles. The summed E-state index contributed by atoms with van der Waals surface area (Å²) in [6.45, 7) is 14.9.